The number of carbonyl (C=O) groups is 1. The molecule has 1 amide bonds. The predicted octanol–water partition coefficient (Wildman–Crippen LogP) is 2.41. The van der Waals surface area contributed by atoms with Gasteiger partial charge in [-0.1, -0.05) is 13.3 Å². The van der Waals surface area contributed by atoms with E-state index in [2.05, 4.69) is 30.6 Å². The number of hydrogen-bond donors (Lipinski definition) is 1. The van der Waals surface area contributed by atoms with Gasteiger partial charge in [-0.2, -0.15) is 0 Å². The Bertz CT molecular complexity index is 402. The van der Waals surface area contributed by atoms with Crippen LogP contribution in [0.3, 0.4) is 0 Å². The summed E-state index contributed by atoms with van der Waals surface area (Å²) in [5.74, 6) is 0.231. The fraction of sp³-hybridized carbons (Fsp3) is 0.643. The quantitative estimate of drug-likeness (QED) is 0.887. The Balaban J connectivity index is 1.80. The zero-order valence-corrected chi connectivity index (χ0v) is 12.1. The number of rotatable bonds is 5. The molecule has 0 spiro atoms. The maximum Gasteiger partial charge on any atom is 0.236 e. The first kappa shape index (κ1) is 13.6. The summed E-state index contributed by atoms with van der Waals surface area (Å²) in [4.78, 5) is 15.5. The second-order valence-electron chi connectivity index (χ2n) is 5.00. The maximum atomic E-state index is 12.1. The molecule has 1 aliphatic rings. The van der Waals surface area contributed by atoms with Gasteiger partial charge in [0.15, 0.2) is 0 Å². The molecule has 0 fully saturated rings. The Labute approximate surface area is 113 Å². The highest BCUT2D eigenvalue weighted by Crippen LogP contribution is 2.23. The SMILES string of the molecule is CCCC(C)NCC(=O)N1CCc2sccc2C1. The number of nitrogens with one attached hydrogen (secondary N) is 1. The second-order valence-corrected chi connectivity index (χ2v) is 6.01. The van der Waals surface area contributed by atoms with E-state index >= 15 is 0 Å². The van der Waals surface area contributed by atoms with Crippen LogP contribution in [0.4, 0.5) is 0 Å². The second kappa shape index (κ2) is 6.34. The molecular weight excluding hydrogens is 244 g/mol. The number of hydrogen-bond acceptors (Lipinski definition) is 3. The summed E-state index contributed by atoms with van der Waals surface area (Å²) >= 11 is 1.81. The third-order valence-corrected chi connectivity index (χ3v) is 4.51. The topological polar surface area (TPSA) is 32.3 Å². The number of nitrogens with zero attached hydrogens (tertiary/aromatic N) is 1. The molecule has 0 saturated heterocycles. The highest BCUT2D eigenvalue weighted by atomic mass is 32.1. The minimum absolute atomic E-state index is 0.231. The van der Waals surface area contributed by atoms with E-state index in [9.17, 15) is 4.79 Å². The molecule has 0 aliphatic carbocycles. The van der Waals surface area contributed by atoms with Crippen LogP contribution >= 0.6 is 11.3 Å². The highest BCUT2D eigenvalue weighted by Gasteiger charge is 2.21. The molecule has 1 aromatic rings. The van der Waals surface area contributed by atoms with Crippen LogP contribution in [0.2, 0.25) is 0 Å². The molecule has 0 aromatic carbocycles. The van der Waals surface area contributed by atoms with Crippen LogP contribution in [0.25, 0.3) is 0 Å². The van der Waals surface area contributed by atoms with Gasteiger partial charge in [-0.25, -0.2) is 0 Å². The van der Waals surface area contributed by atoms with Crippen molar-refractivity contribution in [3.63, 3.8) is 0 Å². The lowest BCUT2D eigenvalue weighted by Crippen LogP contribution is -2.42. The summed E-state index contributed by atoms with van der Waals surface area (Å²) in [5.41, 5.74) is 1.33. The first-order valence-corrected chi connectivity index (χ1v) is 7.65. The lowest BCUT2D eigenvalue weighted by molar-refractivity contribution is -0.131. The van der Waals surface area contributed by atoms with E-state index in [0.29, 0.717) is 12.6 Å². The lowest BCUT2D eigenvalue weighted by Gasteiger charge is -2.27. The minimum atomic E-state index is 0.231. The van der Waals surface area contributed by atoms with Crippen molar-refractivity contribution in [2.45, 2.75) is 45.7 Å². The van der Waals surface area contributed by atoms with Crippen LogP contribution in [0.5, 0.6) is 0 Å². The number of carbonyl (C=O) groups excluding carboxylic acids is 1. The molecule has 0 radical (unpaired) electrons. The van der Waals surface area contributed by atoms with Crippen molar-refractivity contribution in [2.75, 3.05) is 13.1 Å². The first-order chi connectivity index (χ1) is 8.70. The van der Waals surface area contributed by atoms with Gasteiger partial charge in [0.1, 0.15) is 0 Å². The number of thiophene rings is 1. The molecule has 3 nitrogen and oxygen atoms in total. The zero-order valence-electron chi connectivity index (χ0n) is 11.2. The van der Waals surface area contributed by atoms with Crippen molar-refractivity contribution in [2.24, 2.45) is 0 Å². The predicted molar refractivity (Wildman–Crippen MR) is 75.8 cm³/mol. The van der Waals surface area contributed by atoms with Crippen LogP contribution in [0.15, 0.2) is 11.4 Å². The van der Waals surface area contributed by atoms with E-state index in [1.54, 1.807) is 0 Å². The largest absolute Gasteiger partial charge is 0.337 e. The zero-order chi connectivity index (χ0) is 13.0. The average molecular weight is 266 g/mol. The van der Waals surface area contributed by atoms with Gasteiger partial charge in [0.2, 0.25) is 5.91 Å². The molecule has 1 aromatic heterocycles. The van der Waals surface area contributed by atoms with Gasteiger partial charge in [0, 0.05) is 24.0 Å². The molecule has 1 unspecified atom stereocenters. The van der Waals surface area contributed by atoms with Crippen molar-refractivity contribution < 1.29 is 4.79 Å². The third kappa shape index (κ3) is 3.33. The van der Waals surface area contributed by atoms with Gasteiger partial charge in [0.05, 0.1) is 6.54 Å². The molecule has 2 rings (SSSR count). The Morgan fingerprint density at radius 1 is 1.61 bits per heavy atom. The Hall–Kier alpha value is -0.870. The summed E-state index contributed by atoms with van der Waals surface area (Å²) < 4.78 is 0. The lowest BCUT2D eigenvalue weighted by atomic mass is 10.1. The van der Waals surface area contributed by atoms with Gasteiger partial charge in [0.25, 0.3) is 0 Å². The summed E-state index contributed by atoms with van der Waals surface area (Å²) in [6.07, 6.45) is 3.30. The maximum absolute atomic E-state index is 12.1. The smallest absolute Gasteiger partial charge is 0.236 e. The van der Waals surface area contributed by atoms with Crippen molar-refractivity contribution in [1.82, 2.24) is 10.2 Å². The van der Waals surface area contributed by atoms with E-state index in [4.69, 9.17) is 0 Å². The molecule has 1 N–H and O–H groups in total. The van der Waals surface area contributed by atoms with E-state index in [0.717, 1.165) is 32.4 Å². The van der Waals surface area contributed by atoms with Crippen molar-refractivity contribution in [3.8, 4) is 0 Å². The van der Waals surface area contributed by atoms with E-state index in [1.807, 2.05) is 16.2 Å². The first-order valence-electron chi connectivity index (χ1n) is 6.77. The minimum Gasteiger partial charge on any atom is -0.337 e. The van der Waals surface area contributed by atoms with Crippen LogP contribution in [0, 0.1) is 0 Å². The van der Waals surface area contributed by atoms with Gasteiger partial charge >= 0.3 is 0 Å². The third-order valence-electron chi connectivity index (χ3n) is 3.48. The fourth-order valence-corrected chi connectivity index (χ4v) is 3.26. The molecule has 1 aliphatic heterocycles. The summed E-state index contributed by atoms with van der Waals surface area (Å²) in [6, 6.07) is 2.58. The molecule has 1 atom stereocenters. The van der Waals surface area contributed by atoms with Crippen LogP contribution in [-0.2, 0) is 17.8 Å². The molecule has 2 heterocycles. The van der Waals surface area contributed by atoms with Crippen molar-refractivity contribution in [3.05, 3.63) is 21.9 Å². The molecule has 100 valence electrons. The Morgan fingerprint density at radius 2 is 2.44 bits per heavy atom. The van der Waals surface area contributed by atoms with Crippen molar-refractivity contribution >= 4 is 17.2 Å². The monoisotopic (exact) mass is 266 g/mol. The Kier molecular flexibility index (Phi) is 4.78. The highest BCUT2D eigenvalue weighted by molar-refractivity contribution is 7.10. The van der Waals surface area contributed by atoms with Gasteiger partial charge in [-0.15, -0.1) is 11.3 Å². The van der Waals surface area contributed by atoms with E-state index < -0.39 is 0 Å². The fourth-order valence-electron chi connectivity index (χ4n) is 2.37. The molecule has 18 heavy (non-hydrogen) atoms. The van der Waals surface area contributed by atoms with Crippen LogP contribution in [-0.4, -0.2) is 29.9 Å². The Morgan fingerprint density at radius 3 is 3.22 bits per heavy atom. The summed E-state index contributed by atoms with van der Waals surface area (Å²) in [6.45, 7) is 6.45. The molecule has 0 bridgehead atoms. The average Bonchev–Trinajstić information content (AvgIpc) is 2.83. The summed E-state index contributed by atoms with van der Waals surface area (Å²) in [7, 11) is 0. The van der Waals surface area contributed by atoms with Crippen LogP contribution < -0.4 is 5.32 Å². The number of amides is 1. The molecular formula is C14H22N2OS. The summed E-state index contributed by atoms with van der Waals surface area (Å²) in [5, 5.41) is 5.44. The van der Waals surface area contributed by atoms with Crippen molar-refractivity contribution in [1.29, 1.82) is 0 Å². The van der Waals surface area contributed by atoms with Gasteiger partial charge < -0.3 is 10.2 Å². The standard InChI is InChI=1S/C14H22N2OS/c1-3-4-11(2)15-9-14(17)16-7-5-13-12(10-16)6-8-18-13/h6,8,11,15H,3-5,7,9-10H2,1-2H3. The number of fused-ring (bicyclic) bond motifs is 1. The van der Waals surface area contributed by atoms with E-state index in [1.165, 1.54) is 10.4 Å². The van der Waals surface area contributed by atoms with Gasteiger partial charge in [-0.3, -0.25) is 4.79 Å². The molecule has 4 heteroatoms. The van der Waals surface area contributed by atoms with Crippen LogP contribution in [0.1, 0.15) is 37.1 Å². The van der Waals surface area contributed by atoms with Gasteiger partial charge in [-0.05, 0) is 36.8 Å². The molecule has 0 saturated carbocycles. The normalized spacial score (nSPS) is 16.4. The van der Waals surface area contributed by atoms with E-state index in [-0.39, 0.29) is 5.91 Å².